The fraction of sp³-hybridized carbons (Fsp3) is 0.250. The van der Waals surface area contributed by atoms with Gasteiger partial charge in [0.2, 0.25) is 0 Å². The minimum Gasteiger partial charge on any atom is -0.374 e. The van der Waals surface area contributed by atoms with Gasteiger partial charge < -0.3 is 4.74 Å². The molecule has 1 saturated heterocycles. The maximum Gasteiger partial charge on any atom is 0.123 e. The van der Waals surface area contributed by atoms with Crippen LogP contribution in [0.1, 0.15) is 16.4 Å². The lowest BCUT2D eigenvalue weighted by atomic mass is 10.1. The van der Waals surface area contributed by atoms with Crippen LogP contribution in [0.4, 0.5) is 4.39 Å². The monoisotopic (exact) mass is 427 g/mol. The topological polar surface area (TPSA) is 12.5 Å². The van der Waals surface area contributed by atoms with Gasteiger partial charge in [-0.2, -0.15) is 0 Å². The zero-order chi connectivity index (χ0) is 20.1. The van der Waals surface area contributed by atoms with Crippen molar-refractivity contribution in [2.45, 2.75) is 22.8 Å². The molecular formula is C24H23ClFNOS. The van der Waals surface area contributed by atoms with Gasteiger partial charge in [0.1, 0.15) is 5.82 Å². The number of ether oxygens (including phenoxy) is 1. The summed E-state index contributed by atoms with van der Waals surface area (Å²) in [7, 11) is 0. The van der Waals surface area contributed by atoms with Crippen molar-refractivity contribution >= 4 is 23.4 Å². The van der Waals surface area contributed by atoms with E-state index < -0.39 is 0 Å². The highest BCUT2D eigenvalue weighted by molar-refractivity contribution is 7.99. The van der Waals surface area contributed by atoms with Crippen LogP contribution in [0.25, 0.3) is 0 Å². The van der Waals surface area contributed by atoms with Gasteiger partial charge in [-0.05, 0) is 35.4 Å². The van der Waals surface area contributed by atoms with Crippen molar-refractivity contribution in [3.05, 3.63) is 101 Å². The second-order valence-corrected chi connectivity index (χ2v) is 8.74. The quantitative estimate of drug-likeness (QED) is 0.433. The van der Waals surface area contributed by atoms with Crippen LogP contribution in [0.3, 0.4) is 0 Å². The van der Waals surface area contributed by atoms with Crippen molar-refractivity contribution in [3.8, 4) is 0 Å². The Labute approximate surface area is 180 Å². The number of hydrogen-bond acceptors (Lipinski definition) is 3. The van der Waals surface area contributed by atoms with Crippen molar-refractivity contribution in [1.29, 1.82) is 0 Å². The summed E-state index contributed by atoms with van der Waals surface area (Å²) in [5, 5.41) is 0.653. The molecule has 1 unspecified atom stereocenters. The molecule has 3 aromatic rings. The van der Waals surface area contributed by atoms with E-state index in [4.69, 9.17) is 16.3 Å². The van der Waals surface area contributed by atoms with Crippen LogP contribution in [-0.2, 0) is 11.3 Å². The average Bonchev–Trinajstić information content (AvgIpc) is 2.74. The fourth-order valence-corrected chi connectivity index (χ4v) is 5.10. The molecule has 0 radical (unpaired) electrons. The highest BCUT2D eigenvalue weighted by Crippen LogP contribution is 2.42. The summed E-state index contributed by atoms with van der Waals surface area (Å²) in [6, 6.07) is 25.0. The summed E-state index contributed by atoms with van der Waals surface area (Å²) in [4.78, 5) is 3.38. The third-order valence-electron chi connectivity index (χ3n) is 5.03. The van der Waals surface area contributed by atoms with Gasteiger partial charge in [0, 0.05) is 24.5 Å². The van der Waals surface area contributed by atoms with E-state index in [1.807, 2.05) is 36.4 Å². The van der Waals surface area contributed by atoms with E-state index in [0.29, 0.717) is 11.6 Å². The third kappa shape index (κ3) is 5.40. The standard InChI is InChI=1S/C24H23ClFNOS/c25-21-11-4-5-12-23(21)29-24(19-9-6-10-20(26)15-19)22-17-27(13-14-28-22)16-18-7-2-1-3-8-18/h1-12,15,22,24H,13-14,16-17H2/t22-,24?/m0/s1. The van der Waals surface area contributed by atoms with Gasteiger partial charge in [0.25, 0.3) is 0 Å². The lowest BCUT2D eigenvalue weighted by Gasteiger charge is -2.37. The number of rotatable bonds is 6. The van der Waals surface area contributed by atoms with Crippen LogP contribution in [0.2, 0.25) is 5.02 Å². The zero-order valence-corrected chi connectivity index (χ0v) is 17.6. The predicted octanol–water partition coefficient (Wildman–Crippen LogP) is 6.21. The second kappa shape index (κ2) is 9.77. The molecule has 150 valence electrons. The molecule has 29 heavy (non-hydrogen) atoms. The maximum atomic E-state index is 14.0. The van der Waals surface area contributed by atoms with Crippen molar-refractivity contribution < 1.29 is 9.13 Å². The molecule has 1 heterocycles. The minimum absolute atomic E-state index is 0.0517. The van der Waals surface area contributed by atoms with Gasteiger partial charge >= 0.3 is 0 Å². The Hall–Kier alpha value is -1.85. The molecular weight excluding hydrogens is 405 g/mol. The molecule has 5 heteroatoms. The molecule has 2 nitrogen and oxygen atoms in total. The SMILES string of the molecule is Fc1cccc(C(Sc2ccccc2Cl)[C@@H]2CN(Cc3ccccc3)CCO2)c1. The van der Waals surface area contributed by atoms with E-state index in [-0.39, 0.29) is 17.2 Å². The summed E-state index contributed by atoms with van der Waals surface area (Å²) in [6.45, 7) is 3.21. The van der Waals surface area contributed by atoms with Gasteiger partial charge in [-0.1, -0.05) is 66.2 Å². The first-order chi connectivity index (χ1) is 14.2. The van der Waals surface area contributed by atoms with Crippen molar-refractivity contribution in [2.24, 2.45) is 0 Å². The smallest absolute Gasteiger partial charge is 0.123 e. The summed E-state index contributed by atoms with van der Waals surface area (Å²) < 4.78 is 20.2. The molecule has 0 N–H and O–H groups in total. The molecule has 1 aliphatic rings. The first-order valence-corrected chi connectivity index (χ1v) is 11.0. The van der Waals surface area contributed by atoms with Crippen LogP contribution >= 0.6 is 23.4 Å². The Morgan fingerprint density at radius 3 is 2.62 bits per heavy atom. The van der Waals surface area contributed by atoms with Gasteiger partial charge in [-0.25, -0.2) is 4.39 Å². The van der Waals surface area contributed by atoms with E-state index >= 15 is 0 Å². The molecule has 0 bridgehead atoms. The van der Waals surface area contributed by atoms with Crippen LogP contribution in [-0.4, -0.2) is 30.7 Å². The van der Waals surface area contributed by atoms with E-state index in [2.05, 4.69) is 29.2 Å². The van der Waals surface area contributed by atoms with Gasteiger partial charge in [-0.3, -0.25) is 4.90 Å². The number of thioether (sulfide) groups is 1. The number of benzene rings is 3. The van der Waals surface area contributed by atoms with Crippen LogP contribution in [0, 0.1) is 5.82 Å². The minimum atomic E-state index is -0.232. The van der Waals surface area contributed by atoms with Gasteiger partial charge in [0.05, 0.1) is 23.0 Å². The maximum absolute atomic E-state index is 14.0. The molecule has 1 fully saturated rings. The average molecular weight is 428 g/mol. The number of morpholine rings is 1. The van der Waals surface area contributed by atoms with Gasteiger partial charge in [0.15, 0.2) is 0 Å². The molecule has 0 saturated carbocycles. The number of nitrogens with zero attached hydrogens (tertiary/aromatic N) is 1. The number of hydrogen-bond donors (Lipinski definition) is 0. The molecule has 4 rings (SSSR count). The van der Waals surface area contributed by atoms with Crippen LogP contribution in [0.15, 0.2) is 83.8 Å². The summed E-state index contributed by atoms with van der Waals surface area (Å²) in [5.74, 6) is -0.232. The second-order valence-electron chi connectivity index (χ2n) is 7.15. The summed E-state index contributed by atoms with van der Waals surface area (Å²) in [6.07, 6.45) is -0.0597. The van der Waals surface area contributed by atoms with Crippen LogP contribution < -0.4 is 0 Å². The Bertz CT molecular complexity index is 939. The lowest BCUT2D eigenvalue weighted by molar-refractivity contribution is -0.0320. The van der Waals surface area contributed by atoms with E-state index in [0.717, 1.165) is 30.1 Å². The van der Waals surface area contributed by atoms with Crippen molar-refractivity contribution in [1.82, 2.24) is 4.90 Å². The van der Waals surface area contributed by atoms with Crippen molar-refractivity contribution in [3.63, 3.8) is 0 Å². The Balaban J connectivity index is 1.57. The molecule has 0 spiro atoms. The Kier molecular flexibility index (Phi) is 6.88. The number of halogens is 2. The molecule has 0 amide bonds. The Morgan fingerprint density at radius 2 is 1.83 bits per heavy atom. The van der Waals surface area contributed by atoms with Crippen molar-refractivity contribution in [2.75, 3.05) is 19.7 Å². The van der Waals surface area contributed by atoms with Crippen LogP contribution in [0.5, 0.6) is 0 Å². The predicted molar refractivity (Wildman–Crippen MR) is 118 cm³/mol. The Morgan fingerprint density at radius 1 is 1.03 bits per heavy atom. The first kappa shape index (κ1) is 20.4. The van der Waals surface area contributed by atoms with Gasteiger partial charge in [-0.15, -0.1) is 11.8 Å². The largest absolute Gasteiger partial charge is 0.374 e. The molecule has 2 atom stereocenters. The fourth-order valence-electron chi connectivity index (χ4n) is 3.62. The lowest BCUT2D eigenvalue weighted by Crippen LogP contribution is -2.44. The molecule has 3 aromatic carbocycles. The first-order valence-electron chi connectivity index (χ1n) is 9.73. The summed E-state index contributed by atoms with van der Waals surface area (Å²) in [5.41, 5.74) is 2.20. The highest BCUT2D eigenvalue weighted by atomic mass is 35.5. The highest BCUT2D eigenvalue weighted by Gasteiger charge is 2.31. The normalized spacial score (nSPS) is 18.5. The zero-order valence-electron chi connectivity index (χ0n) is 16.0. The van der Waals surface area contributed by atoms with E-state index in [1.165, 1.54) is 11.6 Å². The molecule has 0 aliphatic carbocycles. The summed E-state index contributed by atoms with van der Waals surface area (Å²) >= 11 is 8.06. The third-order valence-corrected chi connectivity index (χ3v) is 6.91. The van der Waals surface area contributed by atoms with E-state index in [1.54, 1.807) is 23.9 Å². The molecule has 1 aliphatic heterocycles. The molecule has 0 aromatic heterocycles. The van der Waals surface area contributed by atoms with E-state index in [9.17, 15) is 4.39 Å².